The van der Waals surface area contributed by atoms with Crippen molar-refractivity contribution >= 4 is 57.6 Å². The van der Waals surface area contributed by atoms with Crippen LogP contribution >= 0.6 is 34.8 Å². The van der Waals surface area contributed by atoms with E-state index in [0.29, 0.717) is 20.9 Å². The molecule has 0 radical (unpaired) electrons. The number of imidazole rings is 1. The van der Waals surface area contributed by atoms with Crippen molar-refractivity contribution in [1.29, 1.82) is 0 Å². The lowest BCUT2D eigenvalue weighted by Gasteiger charge is -2.22. The summed E-state index contributed by atoms with van der Waals surface area (Å²) in [6.07, 6.45) is 5.80. The van der Waals surface area contributed by atoms with Gasteiger partial charge in [-0.2, -0.15) is 0 Å². The Hall–Kier alpha value is -1.49. The number of hydrogen-bond acceptors (Lipinski definition) is 3. The van der Waals surface area contributed by atoms with Gasteiger partial charge in [0.05, 0.1) is 20.6 Å². The van der Waals surface area contributed by atoms with E-state index >= 15 is 0 Å². The average molecular weight is 410 g/mol. The van der Waals surface area contributed by atoms with Crippen LogP contribution in [0.1, 0.15) is 31.7 Å². The largest absolute Gasteiger partial charge is 0.309 e. The molecule has 0 bridgehead atoms. The molecule has 1 aliphatic rings. The molecule has 0 atom stereocenters. The third kappa shape index (κ3) is 3.04. The summed E-state index contributed by atoms with van der Waals surface area (Å²) in [7, 11) is 0. The predicted molar refractivity (Wildman–Crippen MR) is 109 cm³/mol. The molecule has 4 nitrogen and oxygen atoms in total. The van der Waals surface area contributed by atoms with Gasteiger partial charge in [-0.15, -0.1) is 0 Å². The summed E-state index contributed by atoms with van der Waals surface area (Å²) in [5.74, 6) is 1.53. The maximum absolute atomic E-state index is 6.48. The van der Waals surface area contributed by atoms with Crippen LogP contribution in [0.15, 0.2) is 24.4 Å². The Bertz CT molecular complexity index is 967. The Morgan fingerprint density at radius 1 is 1.08 bits per heavy atom. The van der Waals surface area contributed by atoms with Gasteiger partial charge in [-0.1, -0.05) is 54.2 Å². The maximum Gasteiger partial charge on any atom is 0.212 e. The molecule has 2 aromatic heterocycles. The summed E-state index contributed by atoms with van der Waals surface area (Å²) in [5.41, 5.74) is 3.26. The third-order valence-corrected chi connectivity index (χ3v) is 5.52. The minimum Gasteiger partial charge on any atom is -0.309 e. The first-order valence-electron chi connectivity index (χ1n) is 8.86. The minimum absolute atomic E-state index is 0.523. The summed E-state index contributed by atoms with van der Waals surface area (Å²) >= 11 is 18.9. The number of rotatable bonds is 3. The van der Waals surface area contributed by atoms with Crippen molar-refractivity contribution in [2.24, 2.45) is 0 Å². The Kier molecular flexibility index (Phi) is 5.00. The molecule has 26 heavy (non-hydrogen) atoms. The van der Waals surface area contributed by atoms with Gasteiger partial charge >= 0.3 is 0 Å². The van der Waals surface area contributed by atoms with Gasteiger partial charge in [-0.25, -0.2) is 9.97 Å². The van der Waals surface area contributed by atoms with Crippen molar-refractivity contribution in [3.8, 4) is 0 Å². The number of nitrogens with zero attached hydrogens (tertiary/aromatic N) is 4. The first-order valence-corrected chi connectivity index (χ1v) is 9.99. The van der Waals surface area contributed by atoms with Crippen LogP contribution in [0.4, 0.5) is 11.8 Å². The molecule has 0 spiro atoms. The first-order chi connectivity index (χ1) is 12.6. The maximum atomic E-state index is 6.48. The van der Waals surface area contributed by atoms with Gasteiger partial charge in [-0.05, 0) is 37.0 Å². The molecule has 1 aliphatic heterocycles. The number of benzene rings is 1. The van der Waals surface area contributed by atoms with Crippen LogP contribution in [0.5, 0.6) is 0 Å². The zero-order chi connectivity index (χ0) is 18.3. The average Bonchev–Trinajstić information content (AvgIpc) is 2.88. The van der Waals surface area contributed by atoms with Crippen LogP contribution in [0.25, 0.3) is 11.0 Å². The number of halogens is 3. The highest BCUT2D eigenvalue weighted by Gasteiger charge is 2.25. The Labute approximate surface area is 167 Å². The van der Waals surface area contributed by atoms with Crippen LogP contribution < -0.4 is 4.90 Å². The van der Waals surface area contributed by atoms with E-state index in [1.54, 1.807) is 12.3 Å². The Morgan fingerprint density at radius 3 is 2.65 bits per heavy atom. The first kappa shape index (κ1) is 17.9. The smallest absolute Gasteiger partial charge is 0.212 e. The highest BCUT2D eigenvalue weighted by molar-refractivity contribution is 6.36. The number of pyridine rings is 1. The van der Waals surface area contributed by atoms with E-state index in [9.17, 15) is 0 Å². The predicted octanol–water partition coefficient (Wildman–Crippen LogP) is 6.28. The molecule has 0 fully saturated rings. The SMILES string of the molecule is CCCc1ccc(Cl)c2nc3n(c12)CCCCN3c1ncc(Cl)cc1Cl. The number of aromatic nitrogens is 3. The van der Waals surface area contributed by atoms with E-state index in [1.165, 1.54) is 5.56 Å². The fraction of sp³-hybridized carbons (Fsp3) is 0.368. The molecule has 0 unspecified atom stereocenters. The van der Waals surface area contributed by atoms with Gasteiger partial charge in [0.25, 0.3) is 0 Å². The van der Waals surface area contributed by atoms with E-state index in [2.05, 4.69) is 27.4 Å². The lowest BCUT2D eigenvalue weighted by Crippen LogP contribution is -2.21. The number of fused-ring (bicyclic) bond motifs is 3. The molecule has 3 aromatic rings. The molecule has 0 amide bonds. The summed E-state index contributed by atoms with van der Waals surface area (Å²) in [6, 6.07) is 5.78. The standard InChI is InChI=1S/C19H19Cl3N4/c1-2-5-12-6-7-14(21)16-17(12)25-8-3-4-9-26(19(25)24-16)18-15(22)10-13(20)11-23-18/h6-7,10-11H,2-5,8-9H2,1H3. The van der Waals surface area contributed by atoms with Crippen LogP contribution in [-0.4, -0.2) is 21.1 Å². The number of aryl methyl sites for hydroxylation is 2. The van der Waals surface area contributed by atoms with Crippen LogP contribution in [-0.2, 0) is 13.0 Å². The van der Waals surface area contributed by atoms with E-state index in [-0.39, 0.29) is 0 Å². The Morgan fingerprint density at radius 2 is 1.88 bits per heavy atom. The Balaban J connectivity index is 1.95. The monoisotopic (exact) mass is 408 g/mol. The van der Waals surface area contributed by atoms with Crippen LogP contribution in [0.2, 0.25) is 15.1 Å². The van der Waals surface area contributed by atoms with Crippen molar-refractivity contribution in [2.45, 2.75) is 39.2 Å². The molecule has 3 heterocycles. The van der Waals surface area contributed by atoms with Crippen LogP contribution in [0, 0.1) is 0 Å². The van der Waals surface area contributed by atoms with Gasteiger partial charge in [0.1, 0.15) is 5.52 Å². The summed E-state index contributed by atoms with van der Waals surface area (Å²) in [5, 5.41) is 1.73. The lowest BCUT2D eigenvalue weighted by atomic mass is 10.1. The second-order valence-corrected chi connectivity index (χ2v) is 7.79. The van der Waals surface area contributed by atoms with E-state index in [1.807, 2.05) is 6.07 Å². The highest BCUT2D eigenvalue weighted by atomic mass is 35.5. The van der Waals surface area contributed by atoms with E-state index in [0.717, 1.165) is 55.8 Å². The normalized spacial score (nSPS) is 14.5. The van der Waals surface area contributed by atoms with Gasteiger partial charge in [0.15, 0.2) is 5.82 Å². The fourth-order valence-electron chi connectivity index (χ4n) is 3.60. The number of anilines is 2. The molecule has 4 rings (SSSR count). The van der Waals surface area contributed by atoms with Crippen molar-refractivity contribution in [2.75, 3.05) is 11.4 Å². The lowest BCUT2D eigenvalue weighted by molar-refractivity contribution is 0.666. The third-order valence-electron chi connectivity index (χ3n) is 4.73. The van der Waals surface area contributed by atoms with Gasteiger partial charge < -0.3 is 4.57 Å². The molecule has 1 aromatic carbocycles. The van der Waals surface area contributed by atoms with Gasteiger partial charge in [-0.3, -0.25) is 4.90 Å². The van der Waals surface area contributed by atoms with Gasteiger partial charge in [0, 0.05) is 19.3 Å². The molecule has 0 saturated heterocycles. The zero-order valence-electron chi connectivity index (χ0n) is 14.5. The molecule has 0 saturated carbocycles. The van der Waals surface area contributed by atoms with Gasteiger partial charge in [0.2, 0.25) is 5.95 Å². The molecule has 136 valence electrons. The number of hydrogen-bond donors (Lipinski definition) is 0. The van der Waals surface area contributed by atoms with Crippen molar-refractivity contribution in [3.63, 3.8) is 0 Å². The van der Waals surface area contributed by atoms with Crippen molar-refractivity contribution < 1.29 is 0 Å². The second kappa shape index (κ2) is 7.26. The zero-order valence-corrected chi connectivity index (χ0v) is 16.7. The molecular weight excluding hydrogens is 391 g/mol. The highest BCUT2D eigenvalue weighted by Crippen LogP contribution is 2.37. The topological polar surface area (TPSA) is 34.0 Å². The van der Waals surface area contributed by atoms with E-state index in [4.69, 9.17) is 39.8 Å². The summed E-state index contributed by atoms with van der Waals surface area (Å²) in [4.78, 5) is 11.5. The molecule has 0 N–H and O–H groups in total. The van der Waals surface area contributed by atoms with E-state index < -0.39 is 0 Å². The van der Waals surface area contributed by atoms with Crippen molar-refractivity contribution in [1.82, 2.24) is 14.5 Å². The second-order valence-electron chi connectivity index (χ2n) is 6.53. The van der Waals surface area contributed by atoms with Crippen LogP contribution in [0.3, 0.4) is 0 Å². The summed E-state index contributed by atoms with van der Waals surface area (Å²) in [6.45, 7) is 3.90. The fourth-order valence-corrected chi connectivity index (χ4v) is 4.28. The molecule has 0 aliphatic carbocycles. The van der Waals surface area contributed by atoms with Crippen molar-refractivity contribution in [3.05, 3.63) is 45.0 Å². The molecule has 7 heteroatoms. The summed E-state index contributed by atoms with van der Waals surface area (Å²) < 4.78 is 2.27. The quantitative estimate of drug-likeness (QED) is 0.511. The molecular formula is C19H19Cl3N4. The minimum atomic E-state index is 0.523.